The fourth-order valence-electron chi connectivity index (χ4n) is 3.03. The lowest BCUT2D eigenvalue weighted by Gasteiger charge is -2.16. The Morgan fingerprint density at radius 3 is 2.69 bits per heavy atom. The minimum atomic E-state index is -0.250. The Morgan fingerprint density at radius 1 is 1.14 bits per heavy atom. The van der Waals surface area contributed by atoms with Crippen molar-refractivity contribution in [2.24, 2.45) is 0 Å². The number of nitrogens with zero attached hydrogens (tertiary/aromatic N) is 1. The summed E-state index contributed by atoms with van der Waals surface area (Å²) in [7, 11) is 0. The van der Waals surface area contributed by atoms with Crippen LogP contribution in [0.2, 0.25) is 0 Å². The van der Waals surface area contributed by atoms with Crippen molar-refractivity contribution in [1.29, 1.82) is 0 Å². The number of fused-ring (bicyclic) bond motifs is 1. The second kappa shape index (κ2) is 9.37. The van der Waals surface area contributed by atoms with Gasteiger partial charge in [-0.25, -0.2) is 9.37 Å². The fraction of sp³-hybridized carbons (Fsp3) is 0.304. The molecule has 1 amide bonds. The number of carbonyl (C=O) groups excluding carboxylic acids is 1. The van der Waals surface area contributed by atoms with E-state index in [0.29, 0.717) is 35.8 Å². The van der Waals surface area contributed by atoms with E-state index in [2.05, 4.69) is 15.6 Å². The average Bonchev–Trinajstić information content (AvgIpc) is 2.70. The number of benzene rings is 2. The fourth-order valence-corrected chi connectivity index (χ4v) is 3.03. The third-order valence-corrected chi connectivity index (χ3v) is 4.50. The third-order valence-electron chi connectivity index (χ3n) is 4.50. The van der Waals surface area contributed by atoms with Crippen LogP contribution in [0.1, 0.15) is 38.7 Å². The Hall–Kier alpha value is -3.15. The van der Waals surface area contributed by atoms with Gasteiger partial charge in [0.2, 0.25) is 5.91 Å². The maximum atomic E-state index is 13.6. The third kappa shape index (κ3) is 5.02. The Bertz CT molecular complexity index is 1020. The molecule has 0 spiro atoms. The molecule has 0 atom stereocenters. The van der Waals surface area contributed by atoms with Gasteiger partial charge < -0.3 is 15.4 Å². The molecule has 0 saturated heterocycles. The second-order valence-corrected chi connectivity index (χ2v) is 6.96. The average molecular weight is 395 g/mol. The van der Waals surface area contributed by atoms with E-state index in [4.69, 9.17) is 4.74 Å². The first-order chi connectivity index (χ1) is 14.0. The van der Waals surface area contributed by atoms with Gasteiger partial charge in [-0.1, -0.05) is 13.8 Å². The highest BCUT2D eigenvalue weighted by Gasteiger charge is 2.13. The molecule has 0 aliphatic carbocycles. The van der Waals surface area contributed by atoms with E-state index in [1.807, 2.05) is 32.0 Å². The predicted molar refractivity (Wildman–Crippen MR) is 115 cm³/mol. The SMILES string of the molecule is CCCOc1cc2ccnc(Nc3ccc(F)c(C)c3)c2cc1NC(=O)CCC. The number of nitrogens with one attached hydrogen (secondary N) is 2. The minimum Gasteiger partial charge on any atom is -0.491 e. The number of pyridine rings is 1. The summed E-state index contributed by atoms with van der Waals surface area (Å²) in [6.45, 7) is 6.28. The van der Waals surface area contributed by atoms with E-state index >= 15 is 0 Å². The summed E-state index contributed by atoms with van der Waals surface area (Å²) in [5.74, 6) is 0.959. The Morgan fingerprint density at radius 2 is 1.97 bits per heavy atom. The maximum Gasteiger partial charge on any atom is 0.224 e. The molecule has 3 aromatic rings. The van der Waals surface area contributed by atoms with Crippen molar-refractivity contribution in [3.63, 3.8) is 0 Å². The van der Waals surface area contributed by atoms with Crippen LogP contribution in [0, 0.1) is 12.7 Å². The largest absolute Gasteiger partial charge is 0.491 e. The zero-order valence-corrected chi connectivity index (χ0v) is 17.0. The molecule has 0 bridgehead atoms. The van der Waals surface area contributed by atoms with Crippen LogP contribution in [0.25, 0.3) is 10.8 Å². The van der Waals surface area contributed by atoms with E-state index in [-0.39, 0.29) is 11.7 Å². The van der Waals surface area contributed by atoms with Crippen molar-refractivity contribution < 1.29 is 13.9 Å². The molecule has 2 aromatic carbocycles. The zero-order valence-electron chi connectivity index (χ0n) is 17.0. The summed E-state index contributed by atoms with van der Waals surface area (Å²) in [5, 5.41) is 7.97. The van der Waals surface area contributed by atoms with Crippen molar-refractivity contribution in [3.05, 3.63) is 54.0 Å². The molecule has 0 radical (unpaired) electrons. The van der Waals surface area contributed by atoms with Gasteiger partial charge in [0.05, 0.1) is 12.3 Å². The van der Waals surface area contributed by atoms with Crippen molar-refractivity contribution in [1.82, 2.24) is 4.98 Å². The molecular formula is C23H26FN3O2. The standard InChI is InChI=1S/C23H26FN3O2/c1-4-6-22(28)27-20-14-18-16(13-21(20)29-11-5-2)9-10-25-23(18)26-17-7-8-19(24)15(3)12-17/h7-10,12-14H,4-6,11H2,1-3H3,(H,25,26)(H,27,28). The van der Waals surface area contributed by atoms with Crippen molar-refractivity contribution in [2.45, 2.75) is 40.0 Å². The number of carbonyl (C=O) groups is 1. The number of halogens is 1. The van der Waals surface area contributed by atoms with Gasteiger partial charge in [0.25, 0.3) is 0 Å². The number of aryl methyl sites for hydroxylation is 1. The lowest BCUT2D eigenvalue weighted by Crippen LogP contribution is -2.12. The summed E-state index contributed by atoms with van der Waals surface area (Å²) in [6, 6.07) is 10.5. The van der Waals surface area contributed by atoms with Crippen LogP contribution < -0.4 is 15.4 Å². The van der Waals surface area contributed by atoms with Crippen molar-refractivity contribution >= 4 is 33.9 Å². The van der Waals surface area contributed by atoms with Crippen molar-refractivity contribution in [2.75, 3.05) is 17.2 Å². The van der Waals surface area contributed by atoms with E-state index in [1.165, 1.54) is 6.07 Å². The highest BCUT2D eigenvalue weighted by Crippen LogP contribution is 2.34. The molecule has 1 aromatic heterocycles. The molecule has 0 aliphatic heterocycles. The monoisotopic (exact) mass is 395 g/mol. The van der Waals surface area contributed by atoms with E-state index in [0.717, 1.165) is 29.3 Å². The van der Waals surface area contributed by atoms with Gasteiger partial charge in [-0.2, -0.15) is 0 Å². The lowest BCUT2D eigenvalue weighted by atomic mass is 10.1. The van der Waals surface area contributed by atoms with Crippen LogP contribution >= 0.6 is 0 Å². The van der Waals surface area contributed by atoms with Gasteiger partial charge in [0, 0.05) is 23.7 Å². The highest BCUT2D eigenvalue weighted by molar-refractivity contribution is 6.01. The normalized spacial score (nSPS) is 10.8. The van der Waals surface area contributed by atoms with Crippen LogP contribution in [-0.2, 0) is 4.79 Å². The Kier molecular flexibility index (Phi) is 6.65. The number of aromatic nitrogens is 1. The zero-order chi connectivity index (χ0) is 20.8. The first-order valence-electron chi connectivity index (χ1n) is 9.90. The summed E-state index contributed by atoms with van der Waals surface area (Å²) < 4.78 is 19.4. The topological polar surface area (TPSA) is 63.2 Å². The molecule has 2 N–H and O–H groups in total. The number of hydrogen-bond acceptors (Lipinski definition) is 4. The number of hydrogen-bond donors (Lipinski definition) is 2. The summed E-state index contributed by atoms with van der Waals surface area (Å²) in [4.78, 5) is 16.6. The number of rotatable bonds is 8. The maximum absolute atomic E-state index is 13.6. The summed E-state index contributed by atoms with van der Waals surface area (Å²) in [5.41, 5.74) is 1.92. The molecule has 0 fully saturated rings. The van der Waals surface area contributed by atoms with Crippen LogP contribution in [0.5, 0.6) is 5.75 Å². The highest BCUT2D eigenvalue weighted by atomic mass is 19.1. The Balaban J connectivity index is 2.02. The predicted octanol–water partition coefficient (Wildman–Crippen LogP) is 5.95. The summed E-state index contributed by atoms with van der Waals surface area (Å²) in [6.07, 6.45) is 3.79. The molecule has 0 unspecified atom stereocenters. The van der Waals surface area contributed by atoms with Gasteiger partial charge in [-0.05, 0) is 67.1 Å². The molecule has 0 aliphatic rings. The molecule has 1 heterocycles. The van der Waals surface area contributed by atoms with Gasteiger partial charge in [-0.15, -0.1) is 0 Å². The number of ether oxygens (including phenoxy) is 1. The van der Waals surface area contributed by atoms with Crippen LogP contribution in [-0.4, -0.2) is 17.5 Å². The van der Waals surface area contributed by atoms with Gasteiger partial charge in [0.15, 0.2) is 0 Å². The smallest absolute Gasteiger partial charge is 0.224 e. The van der Waals surface area contributed by atoms with Crippen molar-refractivity contribution in [3.8, 4) is 5.75 Å². The minimum absolute atomic E-state index is 0.0549. The van der Waals surface area contributed by atoms with E-state index < -0.39 is 0 Å². The van der Waals surface area contributed by atoms with Crippen LogP contribution in [0.15, 0.2) is 42.6 Å². The quantitative estimate of drug-likeness (QED) is 0.494. The van der Waals surface area contributed by atoms with Gasteiger partial charge in [-0.3, -0.25) is 4.79 Å². The second-order valence-electron chi connectivity index (χ2n) is 6.96. The lowest BCUT2D eigenvalue weighted by molar-refractivity contribution is -0.116. The molecule has 152 valence electrons. The molecule has 29 heavy (non-hydrogen) atoms. The molecule has 3 rings (SSSR count). The Labute approximate surface area is 170 Å². The summed E-state index contributed by atoms with van der Waals surface area (Å²) >= 11 is 0. The molecular weight excluding hydrogens is 369 g/mol. The van der Waals surface area contributed by atoms with Gasteiger partial charge >= 0.3 is 0 Å². The number of amides is 1. The number of anilines is 3. The molecule has 6 heteroatoms. The van der Waals surface area contributed by atoms with Crippen LogP contribution in [0.3, 0.4) is 0 Å². The van der Waals surface area contributed by atoms with E-state index in [9.17, 15) is 9.18 Å². The first kappa shape index (κ1) is 20.6. The van der Waals surface area contributed by atoms with E-state index in [1.54, 1.807) is 25.3 Å². The van der Waals surface area contributed by atoms with Crippen LogP contribution in [0.4, 0.5) is 21.6 Å². The van der Waals surface area contributed by atoms with Gasteiger partial charge in [0.1, 0.15) is 17.4 Å². The first-order valence-corrected chi connectivity index (χ1v) is 9.90. The molecule has 0 saturated carbocycles. The molecule has 5 nitrogen and oxygen atoms in total.